The summed E-state index contributed by atoms with van der Waals surface area (Å²) < 4.78 is 13.0. The van der Waals surface area contributed by atoms with Gasteiger partial charge in [-0.05, 0) is 69.5 Å². The smallest absolute Gasteiger partial charge is 0.159 e. The first-order valence-corrected chi connectivity index (χ1v) is 7.47. The van der Waals surface area contributed by atoms with E-state index in [-0.39, 0.29) is 5.82 Å². The van der Waals surface area contributed by atoms with Gasteiger partial charge in [-0.25, -0.2) is 14.4 Å². The highest BCUT2D eigenvalue weighted by Crippen LogP contribution is 2.21. The summed E-state index contributed by atoms with van der Waals surface area (Å²) in [4.78, 5) is 9.17. The molecular formula is C17H20FN3. The van der Waals surface area contributed by atoms with Crippen LogP contribution in [0, 0.1) is 19.7 Å². The van der Waals surface area contributed by atoms with Crippen LogP contribution in [0.2, 0.25) is 0 Å². The quantitative estimate of drug-likeness (QED) is 0.916. The molecule has 1 aromatic heterocycles. The van der Waals surface area contributed by atoms with E-state index in [1.807, 2.05) is 13.8 Å². The lowest BCUT2D eigenvalue weighted by Gasteiger charge is -2.11. The van der Waals surface area contributed by atoms with Gasteiger partial charge in [-0.2, -0.15) is 0 Å². The highest BCUT2D eigenvalue weighted by atomic mass is 19.1. The molecule has 0 amide bonds. The number of aromatic nitrogens is 2. The van der Waals surface area contributed by atoms with Crippen LogP contribution < -0.4 is 5.32 Å². The zero-order chi connectivity index (χ0) is 14.8. The Hall–Kier alpha value is -1.81. The van der Waals surface area contributed by atoms with Gasteiger partial charge in [-0.3, -0.25) is 0 Å². The van der Waals surface area contributed by atoms with Crippen LogP contribution in [0.25, 0.3) is 11.4 Å². The fourth-order valence-corrected chi connectivity index (χ4v) is 2.52. The van der Waals surface area contributed by atoms with Crippen molar-refractivity contribution in [1.82, 2.24) is 15.3 Å². The highest BCUT2D eigenvalue weighted by molar-refractivity contribution is 5.55. The Morgan fingerprint density at radius 1 is 1.10 bits per heavy atom. The molecule has 1 aliphatic carbocycles. The van der Waals surface area contributed by atoms with Gasteiger partial charge in [0.15, 0.2) is 5.82 Å². The number of benzene rings is 1. The van der Waals surface area contributed by atoms with Crippen molar-refractivity contribution in [3.05, 3.63) is 47.0 Å². The second kappa shape index (κ2) is 5.90. The van der Waals surface area contributed by atoms with Crippen molar-refractivity contribution in [2.75, 3.05) is 6.54 Å². The van der Waals surface area contributed by atoms with E-state index in [1.165, 1.54) is 30.5 Å². The van der Waals surface area contributed by atoms with Crippen molar-refractivity contribution in [2.45, 2.75) is 39.2 Å². The van der Waals surface area contributed by atoms with Gasteiger partial charge in [0.05, 0.1) is 0 Å². The third-order valence-corrected chi connectivity index (χ3v) is 3.91. The normalized spacial score (nSPS) is 14.4. The maximum Gasteiger partial charge on any atom is 0.159 e. The average Bonchev–Trinajstić information content (AvgIpc) is 3.26. The Morgan fingerprint density at radius 2 is 1.71 bits per heavy atom. The van der Waals surface area contributed by atoms with Crippen LogP contribution in [0.15, 0.2) is 24.3 Å². The molecule has 0 unspecified atom stereocenters. The van der Waals surface area contributed by atoms with Crippen LogP contribution in [-0.4, -0.2) is 22.6 Å². The number of hydrogen-bond donors (Lipinski definition) is 1. The fraction of sp³-hybridized carbons (Fsp3) is 0.412. The van der Waals surface area contributed by atoms with Crippen molar-refractivity contribution < 1.29 is 4.39 Å². The predicted molar refractivity (Wildman–Crippen MR) is 81.6 cm³/mol. The molecule has 3 nitrogen and oxygen atoms in total. The number of halogens is 1. The Bertz CT molecular complexity index is 610. The number of rotatable bonds is 5. The molecule has 1 heterocycles. The maximum absolute atomic E-state index is 13.0. The van der Waals surface area contributed by atoms with E-state index in [0.29, 0.717) is 5.82 Å². The summed E-state index contributed by atoms with van der Waals surface area (Å²) >= 11 is 0. The molecular weight excluding hydrogens is 265 g/mol. The van der Waals surface area contributed by atoms with Gasteiger partial charge in [0.2, 0.25) is 0 Å². The molecule has 0 saturated heterocycles. The Kier molecular flexibility index (Phi) is 3.97. The molecule has 0 atom stereocenters. The van der Waals surface area contributed by atoms with Gasteiger partial charge in [0.1, 0.15) is 5.82 Å². The van der Waals surface area contributed by atoms with Crippen LogP contribution in [-0.2, 0) is 6.42 Å². The lowest BCUT2D eigenvalue weighted by atomic mass is 10.1. The third kappa shape index (κ3) is 3.45. The van der Waals surface area contributed by atoms with Crippen LogP contribution in [0.5, 0.6) is 0 Å². The molecule has 1 N–H and O–H groups in total. The molecule has 1 fully saturated rings. The van der Waals surface area contributed by atoms with Gasteiger partial charge in [0.25, 0.3) is 0 Å². The molecule has 1 aromatic carbocycles. The van der Waals surface area contributed by atoms with E-state index in [4.69, 9.17) is 0 Å². The van der Waals surface area contributed by atoms with Gasteiger partial charge in [-0.1, -0.05) is 0 Å². The summed E-state index contributed by atoms with van der Waals surface area (Å²) in [7, 11) is 0. The fourth-order valence-electron chi connectivity index (χ4n) is 2.52. The summed E-state index contributed by atoms with van der Waals surface area (Å²) in [5.41, 5.74) is 4.10. The predicted octanol–water partition coefficient (Wildman–Crippen LogP) is 3.19. The summed E-state index contributed by atoms with van der Waals surface area (Å²) in [5.74, 6) is 0.430. The van der Waals surface area contributed by atoms with E-state index in [1.54, 1.807) is 12.1 Å². The van der Waals surface area contributed by atoms with E-state index < -0.39 is 0 Å². The number of nitrogens with one attached hydrogen (secondary N) is 1. The van der Waals surface area contributed by atoms with Crippen LogP contribution in [0.4, 0.5) is 4.39 Å². The minimum Gasteiger partial charge on any atom is -0.314 e. The van der Waals surface area contributed by atoms with Crippen LogP contribution in [0.1, 0.15) is 29.8 Å². The summed E-state index contributed by atoms with van der Waals surface area (Å²) in [5, 5.41) is 3.51. The maximum atomic E-state index is 13.0. The first-order valence-electron chi connectivity index (χ1n) is 7.47. The topological polar surface area (TPSA) is 37.8 Å². The average molecular weight is 285 g/mol. The van der Waals surface area contributed by atoms with Crippen molar-refractivity contribution in [1.29, 1.82) is 0 Å². The molecule has 4 heteroatoms. The molecule has 110 valence electrons. The molecule has 21 heavy (non-hydrogen) atoms. The summed E-state index contributed by atoms with van der Waals surface area (Å²) in [6.07, 6.45) is 3.56. The molecule has 0 bridgehead atoms. The minimum absolute atomic E-state index is 0.241. The first-order chi connectivity index (χ1) is 10.1. The molecule has 0 radical (unpaired) electrons. The van der Waals surface area contributed by atoms with Crippen LogP contribution in [0.3, 0.4) is 0 Å². The molecule has 2 aromatic rings. The zero-order valence-electron chi connectivity index (χ0n) is 12.5. The Balaban J connectivity index is 1.79. The monoisotopic (exact) mass is 285 g/mol. The van der Waals surface area contributed by atoms with Gasteiger partial charge >= 0.3 is 0 Å². The molecule has 0 spiro atoms. The highest BCUT2D eigenvalue weighted by Gasteiger charge is 2.20. The number of hydrogen-bond acceptors (Lipinski definition) is 3. The first kappa shape index (κ1) is 14.1. The van der Waals surface area contributed by atoms with Crippen LogP contribution >= 0.6 is 0 Å². The summed E-state index contributed by atoms with van der Waals surface area (Å²) in [6.45, 7) is 5.02. The largest absolute Gasteiger partial charge is 0.314 e. The number of aryl methyl sites for hydroxylation is 2. The second-order valence-electron chi connectivity index (χ2n) is 5.68. The molecule has 0 aliphatic heterocycles. The van der Waals surface area contributed by atoms with Gasteiger partial charge in [0, 0.05) is 23.0 Å². The lowest BCUT2D eigenvalue weighted by Crippen LogP contribution is -2.20. The standard InChI is InChI=1S/C17H20FN3/c1-11-16(9-10-19-15-7-8-15)12(2)21-17(20-11)13-3-5-14(18)6-4-13/h3-6,15,19H,7-10H2,1-2H3. The van der Waals surface area contributed by atoms with E-state index in [2.05, 4.69) is 15.3 Å². The molecule has 1 saturated carbocycles. The zero-order valence-corrected chi connectivity index (χ0v) is 12.5. The molecule has 3 rings (SSSR count). The van der Waals surface area contributed by atoms with Crippen molar-refractivity contribution in [3.63, 3.8) is 0 Å². The Labute approximate surface area is 124 Å². The minimum atomic E-state index is -0.241. The van der Waals surface area contributed by atoms with E-state index in [9.17, 15) is 4.39 Å². The third-order valence-electron chi connectivity index (χ3n) is 3.91. The lowest BCUT2D eigenvalue weighted by molar-refractivity contribution is 0.628. The van der Waals surface area contributed by atoms with E-state index >= 15 is 0 Å². The second-order valence-corrected chi connectivity index (χ2v) is 5.68. The number of nitrogens with zero attached hydrogens (tertiary/aromatic N) is 2. The Morgan fingerprint density at radius 3 is 2.29 bits per heavy atom. The van der Waals surface area contributed by atoms with E-state index in [0.717, 1.165) is 36.0 Å². The van der Waals surface area contributed by atoms with Crippen molar-refractivity contribution in [3.8, 4) is 11.4 Å². The molecule has 1 aliphatic rings. The SMILES string of the molecule is Cc1nc(-c2ccc(F)cc2)nc(C)c1CCNC1CC1. The van der Waals surface area contributed by atoms with Crippen molar-refractivity contribution in [2.24, 2.45) is 0 Å². The summed E-state index contributed by atoms with van der Waals surface area (Å²) in [6, 6.07) is 7.05. The van der Waals surface area contributed by atoms with Gasteiger partial charge in [-0.15, -0.1) is 0 Å². The van der Waals surface area contributed by atoms with Crippen molar-refractivity contribution >= 4 is 0 Å². The van der Waals surface area contributed by atoms with Gasteiger partial charge < -0.3 is 5.32 Å².